The van der Waals surface area contributed by atoms with E-state index >= 15 is 0 Å². The number of tetrazole rings is 1. The van der Waals surface area contributed by atoms with Crippen molar-refractivity contribution >= 4 is 53.0 Å². The maximum absolute atomic E-state index is 13.3. The molecule has 2 atom stereocenters. The minimum atomic E-state index is -1.27. The molecule has 0 bridgehead atoms. The summed E-state index contributed by atoms with van der Waals surface area (Å²) in [5.41, 5.74) is 0.338. The maximum Gasteiger partial charge on any atom is 0.365 e. The Morgan fingerprint density at radius 1 is 1.17 bits per heavy atom. The van der Waals surface area contributed by atoms with E-state index in [1.807, 2.05) is 0 Å². The molecular formula is C25H21N7O7S2. The third kappa shape index (κ3) is 5.78. The van der Waals surface area contributed by atoms with Crippen molar-refractivity contribution in [2.24, 2.45) is 12.2 Å². The second-order valence-corrected chi connectivity index (χ2v) is 10.8. The first-order chi connectivity index (χ1) is 19.7. The molecule has 2 aromatic carbocycles. The van der Waals surface area contributed by atoms with Crippen molar-refractivity contribution in [3.8, 4) is 5.75 Å². The molecule has 1 saturated heterocycles. The van der Waals surface area contributed by atoms with E-state index in [1.165, 1.54) is 64.6 Å². The molecule has 2 amide bonds. The minimum Gasteiger partial charge on any atom is -0.508 e. The van der Waals surface area contributed by atoms with E-state index in [-0.39, 0.29) is 34.0 Å². The number of fused-ring (bicyclic) bond motifs is 1. The van der Waals surface area contributed by atoms with E-state index < -0.39 is 35.2 Å². The Morgan fingerprint density at radius 2 is 1.93 bits per heavy atom. The number of phenols is 1. The van der Waals surface area contributed by atoms with Gasteiger partial charge in [0.1, 0.15) is 22.9 Å². The molecule has 2 unspecified atom stereocenters. The number of aliphatic carboxylic acids is 1. The first kappa shape index (κ1) is 27.9. The number of carboxylic acid groups (broad SMARTS) is 1. The smallest absolute Gasteiger partial charge is 0.365 e. The first-order valence-corrected chi connectivity index (χ1v) is 14.0. The Kier molecular flexibility index (Phi) is 8.02. The molecule has 16 heteroatoms. The number of carboxylic acids is 1. The molecule has 3 N–H and O–H groups in total. The van der Waals surface area contributed by atoms with Gasteiger partial charge in [0.15, 0.2) is 5.71 Å². The number of carbonyl (C=O) groups excluding carboxylic acids is 3. The summed E-state index contributed by atoms with van der Waals surface area (Å²) in [7, 11) is 1.66. The number of aromatic nitrogens is 4. The number of nitrogens with one attached hydrogen (secondary N) is 1. The fourth-order valence-electron chi connectivity index (χ4n) is 4.09. The fraction of sp³-hybridized carbons (Fsp3) is 0.200. The lowest BCUT2D eigenvalue weighted by molar-refractivity contribution is -0.150. The van der Waals surface area contributed by atoms with Gasteiger partial charge in [0.25, 0.3) is 11.8 Å². The monoisotopic (exact) mass is 595 g/mol. The van der Waals surface area contributed by atoms with Crippen LogP contribution in [0.25, 0.3) is 0 Å². The lowest BCUT2D eigenvalue weighted by atomic mass is 10.0. The van der Waals surface area contributed by atoms with Crippen LogP contribution in [0, 0.1) is 0 Å². The molecule has 1 aromatic heterocycles. The number of phenolic OH excluding ortho intramolecular Hbond substituents is 1. The zero-order valence-corrected chi connectivity index (χ0v) is 22.8. The van der Waals surface area contributed by atoms with Crippen LogP contribution in [-0.2, 0) is 26.3 Å². The molecule has 2 aliphatic heterocycles. The van der Waals surface area contributed by atoms with Crippen LogP contribution in [0.4, 0.5) is 0 Å². The molecule has 2 aliphatic rings. The fourth-order valence-corrected chi connectivity index (χ4v) is 6.43. The summed E-state index contributed by atoms with van der Waals surface area (Å²) in [6, 6.07) is 12.5. The average molecular weight is 596 g/mol. The Bertz CT molecular complexity index is 1590. The van der Waals surface area contributed by atoms with Gasteiger partial charge >= 0.3 is 11.9 Å². The number of aromatic hydroxyl groups is 1. The van der Waals surface area contributed by atoms with Crippen molar-refractivity contribution in [2.75, 3.05) is 11.5 Å². The van der Waals surface area contributed by atoms with Gasteiger partial charge in [-0.25, -0.2) is 14.3 Å². The van der Waals surface area contributed by atoms with Crippen molar-refractivity contribution in [2.45, 2.75) is 16.6 Å². The van der Waals surface area contributed by atoms with Gasteiger partial charge in [0.05, 0.1) is 5.56 Å². The third-order valence-electron chi connectivity index (χ3n) is 6.06. The predicted molar refractivity (Wildman–Crippen MR) is 146 cm³/mol. The van der Waals surface area contributed by atoms with Crippen LogP contribution < -0.4 is 5.32 Å². The van der Waals surface area contributed by atoms with E-state index in [0.717, 1.165) is 4.90 Å². The molecule has 0 saturated carbocycles. The van der Waals surface area contributed by atoms with Crippen molar-refractivity contribution in [1.29, 1.82) is 0 Å². The number of hydrogen-bond acceptors (Lipinski definition) is 12. The van der Waals surface area contributed by atoms with Crippen LogP contribution in [0.3, 0.4) is 0 Å². The number of oxime groups is 1. The maximum atomic E-state index is 13.3. The van der Waals surface area contributed by atoms with Crippen LogP contribution in [-0.4, -0.2) is 87.7 Å². The molecule has 210 valence electrons. The average Bonchev–Trinajstić information content (AvgIpc) is 3.38. The van der Waals surface area contributed by atoms with Gasteiger partial charge in [0.2, 0.25) is 5.16 Å². The largest absolute Gasteiger partial charge is 0.508 e. The zero-order chi connectivity index (χ0) is 29.1. The van der Waals surface area contributed by atoms with Gasteiger partial charge in [-0.1, -0.05) is 47.2 Å². The van der Waals surface area contributed by atoms with Gasteiger partial charge in [-0.2, -0.15) is 0 Å². The molecule has 1 fully saturated rings. The number of aryl methyl sites for hydroxylation is 1. The van der Waals surface area contributed by atoms with Crippen molar-refractivity contribution in [1.82, 2.24) is 30.4 Å². The summed E-state index contributed by atoms with van der Waals surface area (Å²) in [6.45, 7) is 0. The summed E-state index contributed by atoms with van der Waals surface area (Å²) in [5.74, 6) is -3.18. The number of β-lactam (4-membered cyclic amide) rings is 1. The summed E-state index contributed by atoms with van der Waals surface area (Å²) in [5, 5.41) is 37.1. The number of nitrogens with zero attached hydrogens (tertiary/aromatic N) is 6. The van der Waals surface area contributed by atoms with Gasteiger partial charge in [-0.15, -0.1) is 16.9 Å². The molecule has 0 aliphatic carbocycles. The number of rotatable bonds is 9. The number of thioether (sulfide) groups is 2. The summed E-state index contributed by atoms with van der Waals surface area (Å²) >= 11 is 2.53. The summed E-state index contributed by atoms with van der Waals surface area (Å²) < 4.78 is 1.45. The highest BCUT2D eigenvalue weighted by molar-refractivity contribution is 8.01. The number of carbonyl (C=O) groups is 4. The van der Waals surface area contributed by atoms with Crippen LogP contribution >= 0.6 is 23.5 Å². The molecule has 3 aromatic rings. The molecule has 14 nitrogen and oxygen atoms in total. The van der Waals surface area contributed by atoms with Crippen LogP contribution in [0.1, 0.15) is 15.9 Å². The van der Waals surface area contributed by atoms with E-state index in [1.54, 1.807) is 25.2 Å². The Labute approximate surface area is 240 Å². The van der Waals surface area contributed by atoms with Crippen LogP contribution in [0.2, 0.25) is 0 Å². The highest BCUT2D eigenvalue weighted by Crippen LogP contribution is 2.41. The molecule has 0 radical (unpaired) electrons. The number of benzene rings is 2. The minimum absolute atomic E-state index is 0.131. The summed E-state index contributed by atoms with van der Waals surface area (Å²) in [4.78, 5) is 57.2. The van der Waals surface area contributed by atoms with Crippen LogP contribution in [0.15, 0.2) is 76.2 Å². The molecule has 5 rings (SSSR count). The Morgan fingerprint density at radius 3 is 2.61 bits per heavy atom. The molecule has 0 spiro atoms. The van der Waals surface area contributed by atoms with Crippen LogP contribution in [0.5, 0.6) is 5.75 Å². The number of hydrogen-bond donors (Lipinski definition) is 3. The first-order valence-electron chi connectivity index (χ1n) is 11.9. The second-order valence-electron chi connectivity index (χ2n) is 8.73. The second kappa shape index (κ2) is 11.8. The molecule has 41 heavy (non-hydrogen) atoms. The predicted octanol–water partition coefficient (Wildman–Crippen LogP) is 1.01. The quantitative estimate of drug-likeness (QED) is 0.105. The van der Waals surface area contributed by atoms with E-state index in [9.17, 15) is 29.4 Å². The van der Waals surface area contributed by atoms with E-state index in [2.05, 4.69) is 26.0 Å². The van der Waals surface area contributed by atoms with Gasteiger partial charge < -0.3 is 20.4 Å². The van der Waals surface area contributed by atoms with E-state index in [4.69, 9.17) is 4.84 Å². The topological polar surface area (TPSA) is 189 Å². The van der Waals surface area contributed by atoms with Gasteiger partial charge in [-0.05, 0) is 40.3 Å². The molecule has 3 heterocycles. The lowest BCUT2D eigenvalue weighted by Gasteiger charge is -2.49. The van der Waals surface area contributed by atoms with Gasteiger partial charge in [0, 0.05) is 24.1 Å². The van der Waals surface area contributed by atoms with Crippen molar-refractivity contribution < 1.29 is 34.2 Å². The third-order valence-corrected chi connectivity index (χ3v) is 8.49. The SMILES string of the molecule is Cn1nnnc1SCC1=C(C(=O)O)N2C(=O)C(NC(=O)/C(=N/OC(=O)c3ccccc3)c3cccc(O)c3)C2SC1. The van der Waals surface area contributed by atoms with E-state index in [0.29, 0.717) is 16.5 Å². The van der Waals surface area contributed by atoms with Crippen molar-refractivity contribution in [3.63, 3.8) is 0 Å². The highest BCUT2D eigenvalue weighted by Gasteiger charge is 2.54. The van der Waals surface area contributed by atoms with Gasteiger partial charge in [-0.3, -0.25) is 14.5 Å². The molecular weight excluding hydrogens is 574 g/mol. The number of amides is 2. The highest BCUT2D eigenvalue weighted by atomic mass is 32.2. The Balaban J connectivity index is 1.34. The van der Waals surface area contributed by atoms with Crippen molar-refractivity contribution in [3.05, 3.63) is 77.0 Å². The Hall–Kier alpha value is -4.70. The normalized spacial score (nSPS) is 18.4. The zero-order valence-electron chi connectivity index (χ0n) is 21.2. The summed E-state index contributed by atoms with van der Waals surface area (Å²) in [6.07, 6.45) is 0. The standard InChI is InChI=1S/C25H21N7O7S2/c1-31-25(27-29-30-31)41-12-15-11-40-22-18(21(35)32(22)19(15)23(36)37)26-20(34)17(14-8-5-9-16(33)10-14)28-39-24(38)13-6-3-2-4-7-13/h2-10,18,22,33H,11-12H2,1H3,(H,26,34)(H,36,37)/b28-17+. The lowest BCUT2D eigenvalue weighted by Crippen LogP contribution is -2.71.